The number of unbranched alkanes of at least 4 members (excludes halogenated alkanes) is 5. The van der Waals surface area contributed by atoms with Gasteiger partial charge in [0.15, 0.2) is 0 Å². The molecular formula is C36H72N6O6. The van der Waals surface area contributed by atoms with Crippen LogP contribution in [0.4, 0.5) is 0 Å². The minimum Gasteiger partial charge on any atom is -0.390 e. The van der Waals surface area contributed by atoms with Crippen LogP contribution in [0.2, 0.25) is 0 Å². The van der Waals surface area contributed by atoms with Gasteiger partial charge < -0.3 is 30.0 Å². The quantitative estimate of drug-likeness (QED) is 0.116. The average Bonchev–Trinajstić information content (AvgIpc) is 3.04. The van der Waals surface area contributed by atoms with E-state index in [0.717, 1.165) is 117 Å². The first kappa shape index (κ1) is 44.2. The molecule has 0 fully saturated rings. The van der Waals surface area contributed by atoms with Crippen LogP contribution in [-0.4, -0.2) is 121 Å². The summed E-state index contributed by atoms with van der Waals surface area (Å²) in [7, 11) is 0. The van der Waals surface area contributed by atoms with Gasteiger partial charge in [-0.2, -0.15) is 0 Å². The molecular weight excluding hydrogens is 612 g/mol. The Morgan fingerprint density at radius 1 is 0.458 bits per heavy atom. The molecule has 0 bridgehead atoms. The number of aliphatic hydroxyl groups excluding tert-OH is 3. The molecule has 12 heteroatoms. The molecule has 0 saturated carbocycles. The van der Waals surface area contributed by atoms with Crippen molar-refractivity contribution in [1.29, 1.82) is 0 Å². The largest absolute Gasteiger partial charge is 0.390 e. The highest BCUT2D eigenvalue weighted by molar-refractivity contribution is 4.84. The molecule has 1 aromatic rings. The minimum absolute atomic E-state index is 0.280. The average molecular weight is 685 g/mol. The standard InChI is InChI=1S/C36H72N6O6/c1-8-13-18-37(19-14-9-2)24-31(43)27-40-34(46)41(28-32(44)25-38(20-15-10-3)21-16-11-4)36(48)42(35(40)47)29-33(45)26-39(22-17-12-5)23-30(6)7/h30-33,43-45H,8-29H2,1-7H3. The van der Waals surface area contributed by atoms with Crippen molar-refractivity contribution in [3.8, 4) is 0 Å². The van der Waals surface area contributed by atoms with Crippen molar-refractivity contribution in [3.05, 3.63) is 31.5 Å². The van der Waals surface area contributed by atoms with Gasteiger partial charge in [-0.05, 0) is 70.7 Å². The van der Waals surface area contributed by atoms with Crippen molar-refractivity contribution in [2.45, 2.75) is 151 Å². The van der Waals surface area contributed by atoms with E-state index in [4.69, 9.17) is 0 Å². The summed E-state index contributed by atoms with van der Waals surface area (Å²) in [4.78, 5) is 47.8. The van der Waals surface area contributed by atoms with Crippen LogP contribution in [0, 0.1) is 5.92 Å². The van der Waals surface area contributed by atoms with Crippen molar-refractivity contribution >= 4 is 0 Å². The van der Waals surface area contributed by atoms with E-state index in [2.05, 4.69) is 63.2 Å². The maximum Gasteiger partial charge on any atom is 0.336 e. The van der Waals surface area contributed by atoms with Crippen LogP contribution >= 0.6 is 0 Å². The SMILES string of the molecule is CCCCN(CCCC)CC(O)Cn1c(=O)n(CC(O)CN(CCCC)CCCC)c(=O)n(CC(O)CN(CCCC)CC(C)C)c1=O. The molecule has 0 aliphatic carbocycles. The smallest absolute Gasteiger partial charge is 0.336 e. The summed E-state index contributed by atoms with van der Waals surface area (Å²) in [5, 5.41) is 33.5. The van der Waals surface area contributed by atoms with Gasteiger partial charge in [-0.15, -0.1) is 0 Å². The van der Waals surface area contributed by atoms with E-state index in [9.17, 15) is 29.7 Å². The third-order valence-electron chi connectivity index (χ3n) is 8.74. The van der Waals surface area contributed by atoms with Gasteiger partial charge in [-0.3, -0.25) is 0 Å². The molecule has 3 N–H and O–H groups in total. The molecule has 0 amide bonds. The molecule has 0 aliphatic heterocycles. The van der Waals surface area contributed by atoms with E-state index in [1.165, 1.54) is 0 Å². The van der Waals surface area contributed by atoms with Gasteiger partial charge in [-0.1, -0.05) is 80.6 Å². The summed E-state index contributed by atoms with van der Waals surface area (Å²) in [6.45, 7) is 19.6. The first-order valence-corrected chi connectivity index (χ1v) is 19.1. The monoisotopic (exact) mass is 685 g/mol. The molecule has 0 aliphatic rings. The molecule has 12 nitrogen and oxygen atoms in total. The summed E-state index contributed by atoms with van der Waals surface area (Å²) in [6, 6.07) is 0. The summed E-state index contributed by atoms with van der Waals surface area (Å²) < 4.78 is 2.74. The van der Waals surface area contributed by atoms with E-state index >= 15 is 0 Å². The number of nitrogens with zero attached hydrogens (tertiary/aromatic N) is 6. The fourth-order valence-corrected chi connectivity index (χ4v) is 6.12. The lowest BCUT2D eigenvalue weighted by atomic mass is 10.2. The first-order valence-electron chi connectivity index (χ1n) is 19.1. The highest BCUT2D eigenvalue weighted by atomic mass is 16.3. The van der Waals surface area contributed by atoms with Crippen LogP contribution in [0.25, 0.3) is 0 Å². The van der Waals surface area contributed by atoms with Crippen molar-refractivity contribution in [3.63, 3.8) is 0 Å². The molecule has 1 aromatic heterocycles. The predicted octanol–water partition coefficient (Wildman–Crippen LogP) is 2.82. The van der Waals surface area contributed by atoms with Crippen LogP contribution in [0.1, 0.15) is 113 Å². The van der Waals surface area contributed by atoms with Crippen LogP contribution in [-0.2, 0) is 19.6 Å². The van der Waals surface area contributed by atoms with E-state index < -0.39 is 35.4 Å². The van der Waals surface area contributed by atoms with E-state index in [1.54, 1.807) is 0 Å². The Hall–Kier alpha value is -1.83. The molecule has 0 spiro atoms. The number of rotatable bonds is 29. The van der Waals surface area contributed by atoms with E-state index in [0.29, 0.717) is 19.0 Å². The summed E-state index contributed by atoms with van der Waals surface area (Å²) in [5.41, 5.74) is -2.54. The van der Waals surface area contributed by atoms with Crippen LogP contribution < -0.4 is 17.1 Å². The third kappa shape index (κ3) is 16.7. The number of aromatic nitrogens is 3. The third-order valence-corrected chi connectivity index (χ3v) is 8.74. The molecule has 1 heterocycles. The van der Waals surface area contributed by atoms with Crippen molar-refractivity contribution < 1.29 is 15.3 Å². The van der Waals surface area contributed by atoms with Crippen molar-refractivity contribution in [2.75, 3.05) is 58.9 Å². The van der Waals surface area contributed by atoms with Gasteiger partial charge in [0.2, 0.25) is 0 Å². The topological polar surface area (TPSA) is 136 Å². The minimum atomic E-state index is -1.03. The highest BCUT2D eigenvalue weighted by Crippen LogP contribution is 2.06. The van der Waals surface area contributed by atoms with Gasteiger partial charge in [0.25, 0.3) is 0 Å². The Balaban J connectivity index is 3.49. The Morgan fingerprint density at radius 3 is 0.958 bits per heavy atom. The van der Waals surface area contributed by atoms with Crippen molar-refractivity contribution in [1.82, 2.24) is 28.4 Å². The zero-order chi connectivity index (χ0) is 36.1. The van der Waals surface area contributed by atoms with Crippen molar-refractivity contribution in [2.24, 2.45) is 5.92 Å². The van der Waals surface area contributed by atoms with Gasteiger partial charge in [-0.25, -0.2) is 28.1 Å². The number of hydrogen-bond acceptors (Lipinski definition) is 9. The normalized spacial score (nSPS) is 14.1. The molecule has 48 heavy (non-hydrogen) atoms. The molecule has 282 valence electrons. The molecule has 0 saturated heterocycles. The maximum absolute atomic E-state index is 13.8. The Bertz CT molecular complexity index is 1070. The van der Waals surface area contributed by atoms with Gasteiger partial charge >= 0.3 is 17.1 Å². The van der Waals surface area contributed by atoms with E-state index in [1.807, 2.05) is 0 Å². The fraction of sp³-hybridized carbons (Fsp3) is 0.917. The lowest BCUT2D eigenvalue weighted by molar-refractivity contribution is 0.0780. The second kappa shape index (κ2) is 25.2. The van der Waals surface area contributed by atoms with Gasteiger partial charge in [0, 0.05) is 26.2 Å². The Morgan fingerprint density at radius 2 is 0.708 bits per heavy atom. The number of aliphatic hydroxyl groups is 3. The first-order chi connectivity index (χ1) is 22.9. The molecule has 3 unspecified atom stereocenters. The molecule has 0 radical (unpaired) electrons. The highest BCUT2D eigenvalue weighted by Gasteiger charge is 2.24. The maximum atomic E-state index is 13.8. The lowest BCUT2D eigenvalue weighted by Gasteiger charge is -2.28. The molecule has 0 aromatic carbocycles. The van der Waals surface area contributed by atoms with Crippen LogP contribution in [0.5, 0.6) is 0 Å². The van der Waals surface area contributed by atoms with Crippen LogP contribution in [0.3, 0.4) is 0 Å². The van der Waals surface area contributed by atoms with Crippen LogP contribution in [0.15, 0.2) is 14.4 Å². The molecule has 3 atom stereocenters. The van der Waals surface area contributed by atoms with E-state index in [-0.39, 0.29) is 26.2 Å². The predicted molar refractivity (Wildman–Crippen MR) is 196 cm³/mol. The second-order valence-corrected chi connectivity index (χ2v) is 14.2. The summed E-state index contributed by atoms with van der Waals surface area (Å²) in [5.74, 6) is 0.377. The second-order valence-electron chi connectivity index (χ2n) is 14.2. The summed E-state index contributed by atoms with van der Waals surface area (Å²) >= 11 is 0. The van der Waals surface area contributed by atoms with Gasteiger partial charge in [0.05, 0.1) is 37.9 Å². The number of hydrogen-bond donors (Lipinski definition) is 3. The van der Waals surface area contributed by atoms with Gasteiger partial charge in [0.1, 0.15) is 0 Å². The zero-order valence-corrected chi connectivity index (χ0v) is 31.6. The molecule has 1 rings (SSSR count). The Kier molecular flexibility index (Phi) is 23.2. The Labute approximate surface area is 290 Å². The zero-order valence-electron chi connectivity index (χ0n) is 31.6. The summed E-state index contributed by atoms with van der Waals surface area (Å²) in [6.07, 6.45) is 6.86. The lowest BCUT2D eigenvalue weighted by Crippen LogP contribution is -2.58. The fourth-order valence-electron chi connectivity index (χ4n) is 6.12.